The van der Waals surface area contributed by atoms with E-state index in [-0.39, 0.29) is 11.9 Å². The first-order valence-electron chi connectivity index (χ1n) is 5.84. The summed E-state index contributed by atoms with van der Waals surface area (Å²) in [6.07, 6.45) is 0.747. The van der Waals surface area contributed by atoms with Crippen LogP contribution in [0.3, 0.4) is 0 Å². The molecule has 2 aromatic rings. The minimum atomic E-state index is -0.0549. The van der Waals surface area contributed by atoms with Gasteiger partial charge in [-0.15, -0.1) is 22.9 Å². The van der Waals surface area contributed by atoms with E-state index in [9.17, 15) is 4.79 Å². The third-order valence-electron chi connectivity index (χ3n) is 2.68. The predicted molar refractivity (Wildman–Crippen MR) is 89.2 cm³/mol. The molecule has 0 fully saturated rings. The maximum absolute atomic E-state index is 12.1. The van der Waals surface area contributed by atoms with Gasteiger partial charge in [-0.25, -0.2) is 0 Å². The van der Waals surface area contributed by atoms with Crippen LogP contribution in [0.2, 0.25) is 0 Å². The van der Waals surface area contributed by atoms with Gasteiger partial charge in [0.05, 0.1) is 8.45 Å². The van der Waals surface area contributed by atoms with Crippen molar-refractivity contribution in [2.24, 2.45) is 0 Å². The highest BCUT2D eigenvalue weighted by Crippen LogP contribution is 2.16. The summed E-state index contributed by atoms with van der Waals surface area (Å²) in [6.45, 7) is 0. The van der Waals surface area contributed by atoms with Gasteiger partial charge in [-0.05, 0) is 40.6 Å². The van der Waals surface area contributed by atoms with E-state index in [2.05, 4.69) is 27.9 Å². The Balaban J connectivity index is 1.97. The number of hydrogen-bond donors (Lipinski definition) is 1. The second-order valence-corrected chi connectivity index (χ2v) is 7.27. The van der Waals surface area contributed by atoms with Crippen molar-refractivity contribution in [1.29, 1.82) is 0 Å². The molecule has 0 saturated heterocycles. The van der Waals surface area contributed by atoms with Crippen molar-refractivity contribution in [3.63, 3.8) is 0 Å². The molecule has 1 N–H and O–H groups in total. The van der Waals surface area contributed by atoms with Gasteiger partial charge in [-0.3, -0.25) is 4.79 Å². The van der Waals surface area contributed by atoms with Crippen LogP contribution in [0.5, 0.6) is 0 Å². The Hall–Kier alpha value is -0.590. The number of amides is 1. The van der Waals surface area contributed by atoms with Crippen LogP contribution in [0.1, 0.15) is 15.9 Å². The number of carbonyl (C=O) groups excluding carboxylic acids is 1. The number of benzene rings is 1. The third-order valence-corrected chi connectivity index (χ3v) is 4.84. The topological polar surface area (TPSA) is 29.1 Å². The Morgan fingerprint density at radius 1 is 1.37 bits per heavy atom. The average Bonchev–Trinajstić information content (AvgIpc) is 2.86. The minimum Gasteiger partial charge on any atom is -0.348 e. The summed E-state index contributed by atoms with van der Waals surface area (Å²) in [5.74, 6) is 0.350. The zero-order chi connectivity index (χ0) is 13.7. The molecule has 0 aliphatic rings. The monoisotopic (exact) mass is 405 g/mol. The predicted octanol–water partition coefficient (Wildman–Crippen LogP) is 3.93. The molecular weight excluding hydrogens is 393 g/mol. The van der Waals surface area contributed by atoms with Gasteiger partial charge in [-0.2, -0.15) is 0 Å². The highest BCUT2D eigenvalue weighted by Gasteiger charge is 2.14. The molecule has 1 atom stereocenters. The molecule has 0 saturated carbocycles. The van der Waals surface area contributed by atoms with Gasteiger partial charge >= 0.3 is 0 Å². The summed E-state index contributed by atoms with van der Waals surface area (Å²) in [7, 11) is 0. The van der Waals surface area contributed by atoms with E-state index < -0.39 is 0 Å². The second kappa shape index (κ2) is 7.26. The zero-order valence-electron chi connectivity index (χ0n) is 10.1. The van der Waals surface area contributed by atoms with Crippen LogP contribution in [0.15, 0.2) is 41.8 Å². The fourth-order valence-corrected chi connectivity index (χ4v) is 3.25. The molecule has 1 unspecified atom stereocenters. The fraction of sp³-hybridized carbons (Fsp3) is 0.214. The largest absolute Gasteiger partial charge is 0.348 e. The molecule has 2 rings (SSSR count). The molecule has 5 heteroatoms. The SMILES string of the molecule is O=C(NC(CCl)Cc1ccccc1)c1csc(I)c1. The molecule has 19 heavy (non-hydrogen) atoms. The standard InChI is InChI=1S/C14H13ClINOS/c15-8-12(6-10-4-2-1-3-5-10)17-14(18)11-7-13(16)19-9-11/h1-5,7,9,12H,6,8H2,(H,17,18). The molecule has 0 aliphatic heterocycles. The molecule has 0 bridgehead atoms. The van der Waals surface area contributed by atoms with Crippen LogP contribution < -0.4 is 5.32 Å². The van der Waals surface area contributed by atoms with E-state index in [1.165, 1.54) is 5.56 Å². The van der Waals surface area contributed by atoms with E-state index >= 15 is 0 Å². The van der Waals surface area contributed by atoms with Crippen LogP contribution in [0, 0.1) is 2.88 Å². The highest BCUT2D eigenvalue weighted by atomic mass is 127. The summed E-state index contributed by atoms with van der Waals surface area (Å²) in [5, 5.41) is 4.84. The van der Waals surface area contributed by atoms with Crippen molar-refractivity contribution in [3.8, 4) is 0 Å². The van der Waals surface area contributed by atoms with Crippen LogP contribution >= 0.6 is 45.5 Å². The second-order valence-electron chi connectivity index (χ2n) is 4.15. The Morgan fingerprint density at radius 3 is 2.68 bits per heavy atom. The van der Waals surface area contributed by atoms with Gasteiger partial charge in [0.15, 0.2) is 0 Å². The smallest absolute Gasteiger partial charge is 0.252 e. The molecule has 2 nitrogen and oxygen atoms in total. The normalized spacial score (nSPS) is 12.1. The van der Waals surface area contributed by atoms with E-state index in [0.29, 0.717) is 11.4 Å². The average molecular weight is 406 g/mol. The first kappa shape index (κ1) is 14.8. The van der Waals surface area contributed by atoms with E-state index in [1.54, 1.807) is 11.3 Å². The van der Waals surface area contributed by atoms with E-state index in [0.717, 1.165) is 9.30 Å². The van der Waals surface area contributed by atoms with Gasteiger partial charge in [-0.1, -0.05) is 30.3 Å². The fourth-order valence-electron chi connectivity index (χ4n) is 1.74. The van der Waals surface area contributed by atoms with Gasteiger partial charge in [0.2, 0.25) is 0 Å². The molecule has 1 aromatic heterocycles. The van der Waals surface area contributed by atoms with Crippen molar-refractivity contribution in [2.45, 2.75) is 12.5 Å². The van der Waals surface area contributed by atoms with Gasteiger partial charge in [0.25, 0.3) is 5.91 Å². The summed E-state index contributed by atoms with van der Waals surface area (Å²) in [4.78, 5) is 12.1. The molecule has 0 spiro atoms. The lowest BCUT2D eigenvalue weighted by atomic mass is 10.1. The van der Waals surface area contributed by atoms with Crippen molar-refractivity contribution in [1.82, 2.24) is 5.32 Å². The summed E-state index contributed by atoms with van der Waals surface area (Å²) in [5.41, 5.74) is 1.88. The first-order valence-corrected chi connectivity index (χ1v) is 8.33. The molecule has 0 aliphatic carbocycles. The molecular formula is C14H13ClINOS. The third kappa shape index (κ3) is 4.47. The number of thiophene rings is 1. The Kier molecular flexibility index (Phi) is 5.66. The van der Waals surface area contributed by atoms with Crippen LogP contribution in [-0.4, -0.2) is 17.8 Å². The Labute approximate surface area is 135 Å². The number of carbonyl (C=O) groups is 1. The van der Waals surface area contributed by atoms with Gasteiger partial charge in [0, 0.05) is 17.3 Å². The van der Waals surface area contributed by atoms with Crippen molar-refractivity contribution < 1.29 is 4.79 Å². The number of hydrogen-bond acceptors (Lipinski definition) is 2. The number of alkyl halides is 1. The number of nitrogens with one attached hydrogen (secondary N) is 1. The Bertz CT molecular complexity index is 543. The highest BCUT2D eigenvalue weighted by molar-refractivity contribution is 14.1. The summed E-state index contributed by atoms with van der Waals surface area (Å²) in [6, 6.07) is 11.9. The van der Waals surface area contributed by atoms with Crippen molar-refractivity contribution in [3.05, 3.63) is 55.8 Å². The minimum absolute atomic E-state index is 0.0471. The maximum Gasteiger partial charge on any atom is 0.252 e. The quantitative estimate of drug-likeness (QED) is 0.593. The number of rotatable bonds is 5. The zero-order valence-corrected chi connectivity index (χ0v) is 13.8. The van der Waals surface area contributed by atoms with E-state index in [4.69, 9.17) is 11.6 Å². The molecule has 100 valence electrons. The Morgan fingerprint density at radius 2 is 2.11 bits per heavy atom. The molecule has 1 amide bonds. The van der Waals surface area contributed by atoms with Crippen molar-refractivity contribution in [2.75, 3.05) is 5.88 Å². The molecule has 1 heterocycles. The van der Waals surface area contributed by atoms with Gasteiger partial charge < -0.3 is 5.32 Å². The summed E-state index contributed by atoms with van der Waals surface area (Å²) >= 11 is 9.71. The van der Waals surface area contributed by atoms with Gasteiger partial charge in [0.1, 0.15) is 0 Å². The lowest BCUT2D eigenvalue weighted by molar-refractivity contribution is 0.0941. The van der Waals surface area contributed by atoms with E-state index in [1.807, 2.05) is 41.8 Å². The first-order chi connectivity index (χ1) is 9.19. The van der Waals surface area contributed by atoms with Crippen LogP contribution in [0.4, 0.5) is 0 Å². The van der Waals surface area contributed by atoms with Crippen molar-refractivity contribution >= 4 is 51.4 Å². The van der Waals surface area contributed by atoms with Crippen LogP contribution in [-0.2, 0) is 6.42 Å². The molecule has 0 radical (unpaired) electrons. The lowest BCUT2D eigenvalue weighted by Crippen LogP contribution is -2.37. The number of halogens is 2. The molecule has 1 aromatic carbocycles. The summed E-state index contributed by atoms with van der Waals surface area (Å²) < 4.78 is 1.10. The van der Waals surface area contributed by atoms with Crippen LogP contribution in [0.25, 0.3) is 0 Å². The maximum atomic E-state index is 12.1. The lowest BCUT2D eigenvalue weighted by Gasteiger charge is -2.15.